The second-order valence-corrected chi connectivity index (χ2v) is 18.4. The van der Waals surface area contributed by atoms with E-state index < -0.39 is 11.5 Å². The molecule has 0 bridgehead atoms. The van der Waals surface area contributed by atoms with Crippen LogP contribution in [0.15, 0.2) is 121 Å². The van der Waals surface area contributed by atoms with Gasteiger partial charge in [-0.15, -0.1) is 0 Å². The fraction of sp³-hybridized carbons (Fsp3) is 0.235. The standard InChI is InChI=1S/2C19H19N3O2S.C13H7N3O2S/c2*1-12(2)23-17-9-14(10-20)19(25-15-5-7-22-8-6-15)16(11-21)18(17)24-13(3)4;14-6-8-5-11(17)12(18)10(7-15)13(8)19-9-1-3-16-4-2-9/h2*5-9,12-13H,1-4H3;1-5,17-18H. The van der Waals surface area contributed by atoms with Gasteiger partial charge in [0.25, 0.3) is 0 Å². The number of nitrogens with zero attached hydrogens (tertiary/aromatic N) is 9. The molecule has 0 atom stereocenters. The highest BCUT2D eigenvalue weighted by molar-refractivity contribution is 8.00. The normalized spacial score (nSPS) is 10.2. The molecule has 0 saturated carbocycles. The first-order valence-corrected chi connectivity index (χ1v) is 23.4. The highest BCUT2D eigenvalue weighted by atomic mass is 32.2. The summed E-state index contributed by atoms with van der Waals surface area (Å²) in [6.45, 7) is 15.1. The second-order valence-electron chi connectivity index (χ2n) is 15.1. The number of phenolic OH excluding ortho intramolecular Hbond substituents is 2. The molecule has 0 saturated heterocycles. The van der Waals surface area contributed by atoms with Crippen LogP contribution in [0.1, 0.15) is 88.8 Å². The lowest BCUT2D eigenvalue weighted by Gasteiger charge is -2.20. The Hall–Kier alpha value is -8.10. The van der Waals surface area contributed by atoms with Crippen LogP contribution in [-0.2, 0) is 0 Å². The molecule has 2 N–H and O–H groups in total. The molecular formula is C51H45N9O6S3. The molecule has 0 aliphatic rings. The molecule has 0 aliphatic heterocycles. The molecule has 3 aromatic carbocycles. The summed E-state index contributed by atoms with van der Waals surface area (Å²) in [7, 11) is 0. The summed E-state index contributed by atoms with van der Waals surface area (Å²) in [6.07, 6.45) is 9.37. The van der Waals surface area contributed by atoms with Crippen LogP contribution >= 0.6 is 35.3 Å². The monoisotopic (exact) mass is 975 g/mol. The molecule has 0 spiro atoms. The topological polar surface area (TPSA) is 259 Å². The lowest BCUT2D eigenvalue weighted by molar-refractivity contribution is 0.197. The number of hydrogen-bond donors (Lipinski definition) is 2. The van der Waals surface area contributed by atoms with Gasteiger partial charge in [-0.3, -0.25) is 15.0 Å². The van der Waals surface area contributed by atoms with Gasteiger partial charge in [0.2, 0.25) is 0 Å². The van der Waals surface area contributed by atoms with E-state index in [0.29, 0.717) is 59.9 Å². The summed E-state index contributed by atoms with van der Waals surface area (Å²) in [5.41, 5.74) is 1.40. The van der Waals surface area contributed by atoms with Crippen LogP contribution in [0.25, 0.3) is 0 Å². The fourth-order valence-electron chi connectivity index (χ4n) is 5.72. The van der Waals surface area contributed by atoms with Gasteiger partial charge in [-0.2, -0.15) is 31.6 Å². The predicted octanol–water partition coefficient (Wildman–Crippen LogP) is 11.5. The first-order valence-electron chi connectivity index (χ1n) is 20.9. The zero-order valence-electron chi connectivity index (χ0n) is 38.7. The first kappa shape index (κ1) is 53.5. The molecule has 6 aromatic rings. The Balaban J connectivity index is 0.000000228. The summed E-state index contributed by atoms with van der Waals surface area (Å²) >= 11 is 3.83. The van der Waals surface area contributed by atoms with Crippen molar-refractivity contribution < 1.29 is 29.2 Å². The quantitative estimate of drug-likeness (QED) is 0.0961. The Bertz CT molecular complexity index is 2850. The molecular weight excluding hydrogens is 931 g/mol. The molecule has 3 heterocycles. The van der Waals surface area contributed by atoms with Crippen molar-refractivity contribution in [3.8, 4) is 70.9 Å². The maximum absolute atomic E-state index is 9.75. The Morgan fingerprint density at radius 1 is 0.420 bits per heavy atom. The Morgan fingerprint density at radius 2 is 0.710 bits per heavy atom. The third-order valence-corrected chi connectivity index (χ3v) is 11.8. The SMILES string of the molecule is CC(C)Oc1cc(C#N)c(Sc2ccncc2)c(C#N)c1OC(C)C.CC(C)Oc1cc(C#N)c(Sc2ccncc2)c(C#N)c1OC(C)C.N#Cc1cc(O)c(O)c(C#N)c1Sc1ccncc1. The smallest absolute Gasteiger partial charge is 0.180 e. The van der Waals surface area contributed by atoms with E-state index in [0.717, 1.165) is 32.5 Å². The molecule has 69 heavy (non-hydrogen) atoms. The lowest BCUT2D eigenvalue weighted by atomic mass is 10.1. The highest BCUT2D eigenvalue weighted by Crippen LogP contribution is 2.45. The van der Waals surface area contributed by atoms with Crippen molar-refractivity contribution in [3.05, 3.63) is 125 Å². The minimum absolute atomic E-state index is 0.105. The number of rotatable bonds is 14. The van der Waals surface area contributed by atoms with Crippen molar-refractivity contribution in [2.75, 3.05) is 0 Å². The van der Waals surface area contributed by atoms with Crippen LogP contribution in [0.2, 0.25) is 0 Å². The van der Waals surface area contributed by atoms with E-state index in [4.69, 9.17) is 29.5 Å². The molecule has 0 fully saturated rings. The van der Waals surface area contributed by atoms with Crippen LogP contribution in [0.3, 0.4) is 0 Å². The van der Waals surface area contributed by atoms with Crippen molar-refractivity contribution in [2.24, 2.45) is 0 Å². The van der Waals surface area contributed by atoms with E-state index in [-0.39, 0.29) is 35.5 Å². The number of phenols is 2. The van der Waals surface area contributed by atoms with Crippen LogP contribution in [0, 0.1) is 68.0 Å². The molecule has 0 aliphatic carbocycles. The molecule has 348 valence electrons. The van der Waals surface area contributed by atoms with E-state index in [1.54, 1.807) is 67.5 Å². The van der Waals surface area contributed by atoms with Gasteiger partial charge >= 0.3 is 0 Å². The van der Waals surface area contributed by atoms with Gasteiger partial charge in [-0.1, -0.05) is 35.3 Å². The molecule has 18 heteroatoms. The number of aromatic hydroxyl groups is 2. The summed E-state index contributed by atoms with van der Waals surface area (Å²) in [6, 6.07) is 27.6. The highest BCUT2D eigenvalue weighted by Gasteiger charge is 2.25. The van der Waals surface area contributed by atoms with Gasteiger partial charge in [-0.05, 0) is 91.8 Å². The Morgan fingerprint density at radius 3 is 0.986 bits per heavy atom. The summed E-state index contributed by atoms with van der Waals surface area (Å²) < 4.78 is 23.3. The fourth-order valence-corrected chi connectivity index (χ4v) is 8.57. The van der Waals surface area contributed by atoms with Crippen LogP contribution < -0.4 is 18.9 Å². The van der Waals surface area contributed by atoms with Crippen LogP contribution in [0.4, 0.5) is 0 Å². The predicted molar refractivity (Wildman–Crippen MR) is 259 cm³/mol. The average molecular weight is 976 g/mol. The number of aromatic nitrogens is 3. The molecule has 15 nitrogen and oxygen atoms in total. The third-order valence-electron chi connectivity index (χ3n) is 8.37. The van der Waals surface area contributed by atoms with E-state index in [9.17, 15) is 31.3 Å². The maximum atomic E-state index is 9.75. The maximum Gasteiger partial charge on any atom is 0.180 e. The van der Waals surface area contributed by atoms with Crippen molar-refractivity contribution in [3.63, 3.8) is 0 Å². The summed E-state index contributed by atoms with van der Waals surface area (Å²) in [5, 5.41) is 75.9. The minimum atomic E-state index is -0.516. The van der Waals surface area contributed by atoms with Gasteiger partial charge < -0.3 is 29.2 Å². The number of hydrogen-bond acceptors (Lipinski definition) is 18. The van der Waals surface area contributed by atoms with Crippen molar-refractivity contribution >= 4 is 35.3 Å². The third kappa shape index (κ3) is 14.9. The molecule has 0 amide bonds. The van der Waals surface area contributed by atoms with Crippen molar-refractivity contribution in [1.29, 1.82) is 31.6 Å². The van der Waals surface area contributed by atoms with Gasteiger partial charge in [0.1, 0.15) is 53.1 Å². The number of benzene rings is 3. The van der Waals surface area contributed by atoms with Gasteiger partial charge in [0, 0.05) is 70.1 Å². The lowest BCUT2D eigenvalue weighted by Crippen LogP contribution is -2.13. The van der Waals surface area contributed by atoms with Gasteiger partial charge in [0.15, 0.2) is 34.5 Å². The summed E-state index contributed by atoms with van der Waals surface area (Å²) in [4.78, 5) is 15.8. The second kappa shape index (κ2) is 26.3. The average Bonchev–Trinajstić information content (AvgIpc) is 3.32. The Labute approximate surface area is 414 Å². The molecule has 0 unspecified atom stereocenters. The van der Waals surface area contributed by atoms with Crippen LogP contribution in [-0.4, -0.2) is 49.6 Å². The zero-order valence-corrected chi connectivity index (χ0v) is 41.2. The van der Waals surface area contributed by atoms with Crippen LogP contribution in [0.5, 0.6) is 34.5 Å². The Kier molecular flexibility index (Phi) is 20.4. The molecule has 6 rings (SSSR count). The van der Waals surface area contributed by atoms with Gasteiger partial charge in [0.05, 0.1) is 55.8 Å². The molecule has 0 radical (unpaired) electrons. The van der Waals surface area contributed by atoms with Crippen molar-refractivity contribution in [1.82, 2.24) is 15.0 Å². The first-order chi connectivity index (χ1) is 33.1. The minimum Gasteiger partial charge on any atom is -0.504 e. The van der Waals surface area contributed by atoms with E-state index in [1.165, 1.54) is 23.5 Å². The number of ether oxygens (including phenoxy) is 4. The van der Waals surface area contributed by atoms with E-state index >= 15 is 0 Å². The zero-order chi connectivity index (χ0) is 50.6. The van der Waals surface area contributed by atoms with E-state index in [1.807, 2.05) is 85.7 Å². The summed E-state index contributed by atoms with van der Waals surface area (Å²) in [5.74, 6) is 0.584. The van der Waals surface area contributed by atoms with Crippen molar-refractivity contribution in [2.45, 2.75) is 109 Å². The van der Waals surface area contributed by atoms with Gasteiger partial charge in [-0.25, -0.2) is 0 Å². The number of nitriles is 6. The van der Waals surface area contributed by atoms with E-state index in [2.05, 4.69) is 39.2 Å². The molecule has 3 aromatic heterocycles. The number of pyridine rings is 3. The largest absolute Gasteiger partial charge is 0.504 e.